The number of hydrogen-bond donors (Lipinski definition) is 1. The van der Waals surface area contributed by atoms with E-state index in [2.05, 4.69) is 4.72 Å². The largest absolute Gasteiger partial charge is 0.495 e. The molecule has 3 rings (SSSR count). The summed E-state index contributed by atoms with van der Waals surface area (Å²) in [5, 5.41) is 1.25. The van der Waals surface area contributed by atoms with Crippen LogP contribution in [0, 0.1) is 0 Å². The molecule has 4 nitrogen and oxygen atoms in total. The Morgan fingerprint density at radius 2 is 1.75 bits per heavy atom. The summed E-state index contributed by atoms with van der Waals surface area (Å²) in [4.78, 5) is 0.217. The molecule has 0 bridgehead atoms. The van der Waals surface area contributed by atoms with Crippen LogP contribution in [-0.4, -0.2) is 27.8 Å². The Hall–Kier alpha value is -0.920. The Morgan fingerprint density at radius 3 is 2.39 bits per heavy atom. The van der Waals surface area contributed by atoms with Crippen LogP contribution < -0.4 is 9.46 Å². The molecule has 0 radical (unpaired) electrons. The Bertz CT molecular complexity index is 928. The lowest BCUT2D eigenvalue weighted by Gasteiger charge is -2.19. The zero-order valence-corrected chi connectivity index (χ0v) is 18.8. The molecular formula is C20H23Cl2NO3S2. The van der Waals surface area contributed by atoms with Gasteiger partial charge in [0.05, 0.1) is 7.11 Å². The van der Waals surface area contributed by atoms with Crippen LogP contribution >= 0.6 is 35.0 Å². The van der Waals surface area contributed by atoms with Crippen LogP contribution in [0.3, 0.4) is 0 Å². The summed E-state index contributed by atoms with van der Waals surface area (Å²) in [5.74, 6) is 1.64. The molecule has 0 aromatic heterocycles. The average Bonchev–Trinajstić information content (AvgIpc) is 2.68. The van der Waals surface area contributed by atoms with Crippen molar-refractivity contribution in [2.75, 3.05) is 19.4 Å². The van der Waals surface area contributed by atoms with Crippen LogP contribution in [-0.2, 0) is 28.6 Å². The Labute approximate surface area is 181 Å². The van der Waals surface area contributed by atoms with Crippen molar-refractivity contribution in [3.05, 3.63) is 57.1 Å². The number of ether oxygens (including phenoxy) is 1. The molecule has 1 aliphatic rings. The first-order chi connectivity index (χ1) is 13.4. The fraction of sp³-hybridized carbons (Fsp3) is 0.400. The van der Waals surface area contributed by atoms with Crippen molar-refractivity contribution in [1.82, 2.24) is 4.72 Å². The molecule has 8 heteroatoms. The van der Waals surface area contributed by atoms with E-state index in [-0.39, 0.29) is 4.90 Å². The lowest BCUT2D eigenvalue weighted by molar-refractivity contribution is 0.401. The molecule has 0 spiro atoms. The highest BCUT2D eigenvalue weighted by Crippen LogP contribution is 2.32. The van der Waals surface area contributed by atoms with Gasteiger partial charge in [0.2, 0.25) is 10.0 Å². The summed E-state index contributed by atoms with van der Waals surface area (Å²) >= 11 is 13.9. The van der Waals surface area contributed by atoms with Crippen LogP contribution in [0.1, 0.15) is 29.5 Å². The number of hydrogen-bond acceptors (Lipinski definition) is 4. The number of sulfonamides is 1. The second-order valence-corrected chi connectivity index (χ2v) is 10.3. The third kappa shape index (κ3) is 5.16. The smallest absolute Gasteiger partial charge is 0.244 e. The van der Waals surface area contributed by atoms with E-state index in [0.717, 1.165) is 36.8 Å². The van der Waals surface area contributed by atoms with Crippen LogP contribution in [0.2, 0.25) is 10.0 Å². The number of thioether (sulfide) groups is 1. The molecule has 0 atom stereocenters. The third-order valence-corrected chi connectivity index (χ3v) is 7.94. The van der Waals surface area contributed by atoms with Gasteiger partial charge in [-0.05, 0) is 66.6 Å². The summed E-state index contributed by atoms with van der Waals surface area (Å²) < 4.78 is 33.6. The summed E-state index contributed by atoms with van der Waals surface area (Å²) in [6.45, 7) is 0.315. The molecule has 1 aliphatic carbocycles. The van der Waals surface area contributed by atoms with Gasteiger partial charge in [0.15, 0.2) is 0 Å². The van der Waals surface area contributed by atoms with Crippen molar-refractivity contribution < 1.29 is 13.2 Å². The van der Waals surface area contributed by atoms with Gasteiger partial charge < -0.3 is 4.74 Å². The number of fused-ring (bicyclic) bond motifs is 1. The molecule has 2 aromatic carbocycles. The minimum absolute atomic E-state index is 0.217. The monoisotopic (exact) mass is 459 g/mol. The van der Waals surface area contributed by atoms with E-state index in [0.29, 0.717) is 33.8 Å². The Morgan fingerprint density at radius 1 is 1.11 bits per heavy atom. The van der Waals surface area contributed by atoms with Gasteiger partial charge in [-0.1, -0.05) is 29.3 Å². The van der Waals surface area contributed by atoms with Crippen molar-refractivity contribution in [2.45, 2.75) is 36.3 Å². The molecule has 28 heavy (non-hydrogen) atoms. The standard InChI is InChI=1S/C20H23Cl2NO3S2/c1-26-19-11-14-5-2-3-6-15(14)12-20(19)28(24,25)23-9-10-27-13-16-17(21)7-4-8-18(16)22/h4,7-8,11-12,23H,2-3,5-6,9-10,13H2,1H3. The van der Waals surface area contributed by atoms with Crippen molar-refractivity contribution >= 4 is 45.0 Å². The van der Waals surface area contributed by atoms with Crippen LogP contribution in [0.15, 0.2) is 35.2 Å². The average molecular weight is 460 g/mol. The molecule has 1 N–H and O–H groups in total. The van der Waals surface area contributed by atoms with Crippen LogP contribution in [0.4, 0.5) is 0 Å². The lowest BCUT2D eigenvalue weighted by atomic mass is 9.92. The molecule has 0 unspecified atom stereocenters. The van der Waals surface area contributed by atoms with E-state index in [9.17, 15) is 8.42 Å². The van der Waals surface area contributed by atoms with Gasteiger partial charge in [0, 0.05) is 28.1 Å². The third-order valence-electron chi connectivity index (χ3n) is 4.76. The number of methoxy groups -OCH3 is 1. The van der Waals surface area contributed by atoms with E-state index in [1.165, 1.54) is 12.7 Å². The van der Waals surface area contributed by atoms with Crippen molar-refractivity contribution in [3.8, 4) is 5.75 Å². The predicted octanol–water partition coefficient (Wildman–Crippen LogP) is 5.09. The lowest BCUT2D eigenvalue weighted by Crippen LogP contribution is -2.27. The molecule has 2 aromatic rings. The second kappa shape index (κ2) is 9.72. The highest BCUT2D eigenvalue weighted by atomic mass is 35.5. The summed E-state index contributed by atoms with van der Waals surface area (Å²) in [7, 11) is -2.13. The SMILES string of the molecule is COc1cc2c(cc1S(=O)(=O)NCCSCc1c(Cl)cccc1Cl)CCCC2. The Balaban J connectivity index is 1.61. The first-order valence-corrected chi connectivity index (χ1v) is 12.5. The zero-order valence-electron chi connectivity index (χ0n) is 15.6. The summed E-state index contributed by atoms with van der Waals surface area (Å²) in [6, 6.07) is 9.05. The van der Waals surface area contributed by atoms with E-state index < -0.39 is 10.0 Å². The first-order valence-electron chi connectivity index (χ1n) is 9.12. The van der Waals surface area contributed by atoms with E-state index in [4.69, 9.17) is 27.9 Å². The number of aryl methyl sites for hydroxylation is 2. The minimum Gasteiger partial charge on any atom is -0.495 e. The van der Waals surface area contributed by atoms with Crippen LogP contribution in [0.5, 0.6) is 5.75 Å². The van der Waals surface area contributed by atoms with Gasteiger partial charge in [-0.25, -0.2) is 13.1 Å². The molecule has 0 heterocycles. The van der Waals surface area contributed by atoms with Gasteiger partial charge in [0.1, 0.15) is 10.6 Å². The van der Waals surface area contributed by atoms with Gasteiger partial charge in [-0.3, -0.25) is 0 Å². The van der Waals surface area contributed by atoms with Gasteiger partial charge >= 0.3 is 0 Å². The number of rotatable bonds is 8. The predicted molar refractivity (Wildman–Crippen MR) is 117 cm³/mol. The van der Waals surface area contributed by atoms with Crippen molar-refractivity contribution in [2.24, 2.45) is 0 Å². The van der Waals surface area contributed by atoms with Gasteiger partial charge in [-0.2, -0.15) is 11.8 Å². The van der Waals surface area contributed by atoms with Gasteiger partial charge in [-0.15, -0.1) is 0 Å². The summed E-state index contributed by atoms with van der Waals surface area (Å²) in [6.07, 6.45) is 4.11. The minimum atomic E-state index is -3.64. The van der Waals surface area contributed by atoms with Crippen molar-refractivity contribution in [3.63, 3.8) is 0 Å². The van der Waals surface area contributed by atoms with E-state index in [1.807, 2.05) is 6.07 Å². The first kappa shape index (κ1) is 21.8. The molecule has 0 aliphatic heterocycles. The number of nitrogens with one attached hydrogen (secondary N) is 1. The molecular weight excluding hydrogens is 437 g/mol. The zero-order chi connectivity index (χ0) is 20.1. The molecule has 0 saturated carbocycles. The summed E-state index contributed by atoms with van der Waals surface area (Å²) in [5.41, 5.74) is 3.17. The fourth-order valence-corrected chi connectivity index (χ4v) is 6.24. The maximum absolute atomic E-state index is 12.8. The van der Waals surface area contributed by atoms with E-state index in [1.54, 1.807) is 36.0 Å². The number of halogens is 2. The van der Waals surface area contributed by atoms with Crippen molar-refractivity contribution in [1.29, 1.82) is 0 Å². The highest BCUT2D eigenvalue weighted by Gasteiger charge is 2.23. The highest BCUT2D eigenvalue weighted by molar-refractivity contribution is 7.98. The quantitative estimate of drug-likeness (QED) is 0.558. The molecule has 0 amide bonds. The molecule has 0 saturated heterocycles. The maximum Gasteiger partial charge on any atom is 0.244 e. The van der Waals surface area contributed by atoms with E-state index >= 15 is 0 Å². The topological polar surface area (TPSA) is 55.4 Å². The molecule has 0 fully saturated rings. The maximum atomic E-state index is 12.8. The number of benzene rings is 2. The molecule has 152 valence electrons. The normalized spacial score (nSPS) is 14.0. The Kier molecular flexibility index (Phi) is 7.56. The second-order valence-electron chi connectivity index (χ2n) is 6.63. The van der Waals surface area contributed by atoms with Gasteiger partial charge in [0.25, 0.3) is 0 Å². The fourth-order valence-electron chi connectivity index (χ4n) is 3.28. The van der Waals surface area contributed by atoms with Crippen LogP contribution in [0.25, 0.3) is 0 Å².